The minimum atomic E-state index is 0.254. The molecule has 7 heteroatoms. The van der Waals surface area contributed by atoms with Crippen LogP contribution in [-0.2, 0) is 0 Å². The molecule has 3 aromatic heterocycles. The summed E-state index contributed by atoms with van der Waals surface area (Å²) in [4.78, 5) is 20.0. The highest BCUT2D eigenvalue weighted by Gasteiger charge is 2.25. The van der Waals surface area contributed by atoms with Crippen molar-refractivity contribution in [3.05, 3.63) is 36.9 Å². The number of nitrogens with zero attached hydrogens (tertiary/aromatic N) is 5. The van der Waals surface area contributed by atoms with Crippen molar-refractivity contribution in [3.63, 3.8) is 0 Å². The highest BCUT2D eigenvalue weighted by atomic mass is 16.3. The van der Waals surface area contributed by atoms with Crippen molar-refractivity contribution in [1.82, 2.24) is 24.5 Å². The Bertz CT molecular complexity index is 1240. The number of nitrogens with one attached hydrogen (secondary N) is 1. The van der Waals surface area contributed by atoms with Gasteiger partial charge in [-0.3, -0.25) is 0 Å². The van der Waals surface area contributed by atoms with Gasteiger partial charge in [0.15, 0.2) is 0 Å². The summed E-state index contributed by atoms with van der Waals surface area (Å²) in [6.45, 7) is 2.17. The summed E-state index contributed by atoms with van der Waals surface area (Å²) in [5.41, 5.74) is 6.08. The average molecular weight is 431 g/mol. The fraction of sp³-hybridized carbons (Fsp3) is 0.480. The van der Waals surface area contributed by atoms with Crippen LogP contribution in [0, 0.1) is 5.92 Å². The average Bonchev–Trinajstić information content (AvgIpc) is 3.58. The van der Waals surface area contributed by atoms with Gasteiger partial charge in [-0.1, -0.05) is 25.3 Å². The van der Waals surface area contributed by atoms with Gasteiger partial charge in [-0.2, -0.15) is 0 Å². The minimum Gasteiger partial charge on any atom is -0.396 e. The zero-order valence-electron chi connectivity index (χ0n) is 18.4. The Kier molecular flexibility index (Phi) is 5.06. The second-order valence-electron chi connectivity index (χ2n) is 9.39. The van der Waals surface area contributed by atoms with Gasteiger partial charge in [0.25, 0.3) is 0 Å². The van der Waals surface area contributed by atoms with E-state index in [9.17, 15) is 5.11 Å². The third-order valence-electron chi connectivity index (χ3n) is 7.36. The minimum absolute atomic E-state index is 0.254. The van der Waals surface area contributed by atoms with Gasteiger partial charge in [-0.15, -0.1) is 0 Å². The number of fused-ring (bicyclic) bond motifs is 2. The molecule has 2 fully saturated rings. The van der Waals surface area contributed by atoms with E-state index in [1.54, 1.807) is 6.33 Å². The third kappa shape index (κ3) is 3.45. The lowest BCUT2D eigenvalue weighted by Gasteiger charge is -2.23. The maximum Gasteiger partial charge on any atom is 0.131 e. The van der Waals surface area contributed by atoms with E-state index < -0.39 is 0 Å². The van der Waals surface area contributed by atoms with Crippen LogP contribution in [0.4, 0.5) is 5.82 Å². The second-order valence-corrected chi connectivity index (χ2v) is 9.39. The lowest BCUT2D eigenvalue weighted by Crippen LogP contribution is -2.21. The lowest BCUT2D eigenvalue weighted by molar-refractivity contribution is 0.263. The summed E-state index contributed by atoms with van der Waals surface area (Å²) in [6.07, 6.45) is 12.2. The van der Waals surface area contributed by atoms with Crippen LogP contribution in [0.1, 0.15) is 51.0 Å². The smallest absolute Gasteiger partial charge is 0.131 e. The number of aliphatic hydroxyl groups is 1. The van der Waals surface area contributed by atoms with Crippen LogP contribution in [0.25, 0.3) is 33.3 Å². The number of anilines is 1. The van der Waals surface area contributed by atoms with Gasteiger partial charge in [0.2, 0.25) is 0 Å². The van der Waals surface area contributed by atoms with Gasteiger partial charge in [-0.05, 0) is 43.7 Å². The Morgan fingerprint density at radius 1 is 1.06 bits per heavy atom. The molecule has 6 rings (SSSR count). The van der Waals surface area contributed by atoms with E-state index in [0.717, 1.165) is 59.6 Å². The fourth-order valence-corrected chi connectivity index (χ4v) is 5.58. The van der Waals surface area contributed by atoms with Crippen molar-refractivity contribution in [1.29, 1.82) is 0 Å². The Labute approximate surface area is 187 Å². The van der Waals surface area contributed by atoms with E-state index in [1.807, 2.05) is 6.33 Å². The molecule has 166 valence electrons. The van der Waals surface area contributed by atoms with E-state index >= 15 is 0 Å². The summed E-state index contributed by atoms with van der Waals surface area (Å²) >= 11 is 0. The van der Waals surface area contributed by atoms with Crippen molar-refractivity contribution >= 4 is 27.9 Å². The molecule has 32 heavy (non-hydrogen) atoms. The highest BCUT2D eigenvalue weighted by Crippen LogP contribution is 2.34. The number of imidazole rings is 2. The molecule has 0 amide bonds. The molecule has 0 bridgehead atoms. The number of benzene rings is 1. The molecule has 0 spiro atoms. The summed E-state index contributed by atoms with van der Waals surface area (Å²) in [6, 6.07) is 9.20. The molecule has 1 aromatic carbocycles. The number of pyridine rings is 1. The quantitative estimate of drug-likeness (QED) is 0.480. The first kappa shape index (κ1) is 19.7. The SMILES string of the molecule is OCCC1CCN(c2cc3[nH]cnc3c(-c3ccc4c(c3)ncn4C3CCCCC3)n2)C1. The summed E-state index contributed by atoms with van der Waals surface area (Å²) in [7, 11) is 0. The van der Waals surface area contributed by atoms with E-state index in [2.05, 4.69) is 43.7 Å². The normalized spacial score (nSPS) is 20.0. The van der Waals surface area contributed by atoms with Gasteiger partial charge < -0.3 is 19.6 Å². The molecule has 7 nitrogen and oxygen atoms in total. The molecule has 2 aliphatic rings. The number of rotatable bonds is 5. The number of aromatic amines is 1. The van der Waals surface area contributed by atoms with Crippen molar-refractivity contribution in [3.8, 4) is 11.3 Å². The number of H-pyrrole nitrogens is 1. The standard InChI is InChI=1S/C25H30N6O/c32-11-9-17-8-10-30(14-17)23-13-21-25(27-15-26-21)24(29-23)18-6-7-22-20(12-18)28-16-31(22)19-4-2-1-3-5-19/h6-7,12-13,15-17,19,32H,1-5,8-11,14H2,(H,26,27). The molecule has 2 N–H and O–H groups in total. The Balaban J connectivity index is 1.38. The predicted molar refractivity (Wildman–Crippen MR) is 127 cm³/mol. The maximum atomic E-state index is 9.31. The first-order valence-corrected chi connectivity index (χ1v) is 12.0. The molecule has 1 aliphatic heterocycles. The fourth-order valence-electron chi connectivity index (χ4n) is 5.58. The third-order valence-corrected chi connectivity index (χ3v) is 7.36. The molecule has 4 aromatic rings. The van der Waals surface area contributed by atoms with Gasteiger partial charge in [0.1, 0.15) is 17.0 Å². The molecule has 4 heterocycles. The van der Waals surface area contributed by atoms with Crippen LogP contribution in [-0.4, -0.2) is 49.3 Å². The zero-order valence-corrected chi connectivity index (χ0v) is 18.4. The largest absolute Gasteiger partial charge is 0.396 e. The molecular formula is C25H30N6O. The molecular weight excluding hydrogens is 400 g/mol. The van der Waals surface area contributed by atoms with E-state index in [4.69, 9.17) is 9.97 Å². The van der Waals surface area contributed by atoms with E-state index in [0.29, 0.717) is 12.0 Å². The van der Waals surface area contributed by atoms with Crippen LogP contribution >= 0.6 is 0 Å². The lowest BCUT2D eigenvalue weighted by atomic mass is 9.95. The van der Waals surface area contributed by atoms with Crippen molar-refractivity contribution in [2.24, 2.45) is 5.92 Å². The molecule has 1 aliphatic carbocycles. The zero-order chi connectivity index (χ0) is 21.5. The monoisotopic (exact) mass is 430 g/mol. The maximum absolute atomic E-state index is 9.31. The number of hydrogen-bond acceptors (Lipinski definition) is 5. The van der Waals surface area contributed by atoms with Crippen molar-refractivity contribution in [2.75, 3.05) is 24.6 Å². The van der Waals surface area contributed by atoms with Crippen LogP contribution in [0.3, 0.4) is 0 Å². The molecule has 1 saturated carbocycles. The van der Waals surface area contributed by atoms with Crippen molar-refractivity contribution < 1.29 is 5.11 Å². The summed E-state index contributed by atoms with van der Waals surface area (Å²) < 4.78 is 2.37. The number of aliphatic hydroxyl groups excluding tert-OH is 1. The number of aromatic nitrogens is 5. The first-order chi connectivity index (χ1) is 15.8. The van der Waals surface area contributed by atoms with E-state index in [1.165, 1.54) is 37.6 Å². The van der Waals surface area contributed by atoms with E-state index in [-0.39, 0.29) is 6.61 Å². The summed E-state index contributed by atoms with van der Waals surface area (Å²) in [5, 5.41) is 9.31. The molecule has 0 radical (unpaired) electrons. The molecule has 1 saturated heterocycles. The Morgan fingerprint density at radius 2 is 1.97 bits per heavy atom. The highest BCUT2D eigenvalue weighted by molar-refractivity contribution is 5.93. The van der Waals surface area contributed by atoms with Crippen LogP contribution in [0.5, 0.6) is 0 Å². The molecule has 1 atom stereocenters. The predicted octanol–water partition coefficient (Wildman–Crippen LogP) is 4.69. The van der Waals surface area contributed by atoms with Gasteiger partial charge in [0, 0.05) is 37.4 Å². The van der Waals surface area contributed by atoms with Crippen LogP contribution < -0.4 is 4.90 Å². The van der Waals surface area contributed by atoms with Crippen molar-refractivity contribution in [2.45, 2.75) is 51.0 Å². The van der Waals surface area contributed by atoms with Gasteiger partial charge in [-0.25, -0.2) is 15.0 Å². The Morgan fingerprint density at radius 3 is 2.84 bits per heavy atom. The second kappa shape index (κ2) is 8.20. The Hall–Kier alpha value is -2.93. The molecule has 1 unspecified atom stereocenters. The topological polar surface area (TPSA) is 82.9 Å². The van der Waals surface area contributed by atoms with Gasteiger partial charge >= 0.3 is 0 Å². The van der Waals surface area contributed by atoms with Gasteiger partial charge in [0.05, 0.1) is 29.2 Å². The van der Waals surface area contributed by atoms with Crippen LogP contribution in [0.2, 0.25) is 0 Å². The van der Waals surface area contributed by atoms with Crippen LogP contribution in [0.15, 0.2) is 36.9 Å². The summed E-state index contributed by atoms with van der Waals surface area (Å²) in [5.74, 6) is 1.51. The first-order valence-electron chi connectivity index (χ1n) is 12.0. The number of hydrogen-bond donors (Lipinski definition) is 2.